The van der Waals surface area contributed by atoms with Crippen LogP contribution < -0.4 is 4.90 Å². The van der Waals surface area contributed by atoms with E-state index in [9.17, 15) is 14.4 Å². The number of hydrogen-bond acceptors (Lipinski definition) is 6. The summed E-state index contributed by atoms with van der Waals surface area (Å²) in [7, 11) is 0. The van der Waals surface area contributed by atoms with Crippen LogP contribution in [0.3, 0.4) is 0 Å². The van der Waals surface area contributed by atoms with Crippen LogP contribution in [0.2, 0.25) is 0 Å². The molecule has 2 heterocycles. The van der Waals surface area contributed by atoms with Gasteiger partial charge in [-0.1, -0.05) is 11.8 Å². The Balaban J connectivity index is 2.16. The van der Waals surface area contributed by atoms with Gasteiger partial charge < -0.3 is 9.64 Å². The predicted molar refractivity (Wildman–Crippen MR) is 79.3 cm³/mol. The molecule has 2 rings (SSSR count). The number of anilines is 1. The first-order chi connectivity index (χ1) is 9.52. The predicted octanol–water partition coefficient (Wildman–Crippen LogP) is 2.31. The molecule has 0 saturated carbocycles. The highest BCUT2D eigenvalue weighted by molar-refractivity contribution is 8.14. The van der Waals surface area contributed by atoms with Gasteiger partial charge in [-0.15, -0.1) is 11.3 Å². The smallest absolute Gasteiger partial charge is 0.350 e. The topological polar surface area (TPSA) is 63.7 Å². The van der Waals surface area contributed by atoms with Gasteiger partial charge in [-0.05, 0) is 18.4 Å². The lowest BCUT2D eigenvalue weighted by molar-refractivity contribution is -0.117. The van der Waals surface area contributed by atoms with Gasteiger partial charge in [0.05, 0.1) is 12.3 Å². The fraction of sp³-hybridized carbons (Fsp3) is 0.462. The first-order valence-corrected chi connectivity index (χ1v) is 8.01. The molecule has 0 spiro atoms. The lowest BCUT2D eigenvalue weighted by Crippen LogP contribution is -2.26. The van der Waals surface area contributed by atoms with E-state index >= 15 is 0 Å². The molecule has 1 unspecified atom stereocenters. The number of thiophene rings is 1. The van der Waals surface area contributed by atoms with Gasteiger partial charge in [0, 0.05) is 25.1 Å². The van der Waals surface area contributed by atoms with Crippen molar-refractivity contribution in [3.8, 4) is 0 Å². The van der Waals surface area contributed by atoms with Crippen LogP contribution in [-0.4, -0.2) is 35.4 Å². The van der Waals surface area contributed by atoms with Crippen molar-refractivity contribution in [3.63, 3.8) is 0 Å². The maximum atomic E-state index is 12.1. The van der Waals surface area contributed by atoms with Crippen LogP contribution in [0.1, 0.15) is 29.9 Å². The normalized spacial score (nSPS) is 18.4. The summed E-state index contributed by atoms with van der Waals surface area (Å²) >= 11 is 2.44. The molecule has 108 valence electrons. The summed E-state index contributed by atoms with van der Waals surface area (Å²) in [5, 5.41) is 1.72. The first-order valence-electron chi connectivity index (χ1n) is 6.25. The molecule has 1 amide bonds. The zero-order chi connectivity index (χ0) is 14.7. The highest BCUT2D eigenvalue weighted by atomic mass is 32.2. The maximum absolute atomic E-state index is 12.1. The molecule has 1 aliphatic heterocycles. The van der Waals surface area contributed by atoms with Crippen molar-refractivity contribution in [2.45, 2.75) is 25.5 Å². The summed E-state index contributed by atoms with van der Waals surface area (Å²) in [5.74, 6) is -0.472. The molecule has 7 heteroatoms. The van der Waals surface area contributed by atoms with Gasteiger partial charge >= 0.3 is 5.97 Å². The van der Waals surface area contributed by atoms with Gasteiger partial charge in [0.25, 0.3) is 0 Å². The average molecular weight is 313 g/mol. The second kappa shape index (κ2) is 6.41. The fourth-order valence-corrected chi connectivity index (χ4v) is 3.79. The summed E-state index contributed by atoms with van der Waals surface area (Å²) in [5.41, 5.74) is 0.588. The van der Waals surface area contributed by atoms with Gasteiger partial charge in [0.15, 0.2) is 5.12 Å². The minimum absolute atomic E-state index is 0.000541. The summed E-state index contributed by atoms with van der Waals surface area (Å²) < 4.78 is 4.99. The van der Waals surface area contributed by atoms with E-state index in [4.69, 9.17) is 4.74 Å². The fourth-order valence-electron chi connectivity index (χ4n) is 2.09. The Bertz CT molecular complexity index is 540. The Morgan fingerprint density at radius 3 is 2.95 bits per heavy atom. The highest BCUT2D eigenvalue weighted by Crippen LogP contribution is 2.33. The van der Waals surface area contributed by atoms with Crippen molar-refractivity contribution < 1.29 is 19.1 Å². The molecule has 0 aromatic carbocycles. The number of thioether (sulfide) groups is 1. The van der Waals surface area contributed by atoms with E-state index in [1.165, 1.54) is 30.0 Å². The van der Waals surface area contributed by atoms with E-state index in [2.05, 4.69) is 0 Å². The van der Waals surface area contributed by atoms with Crippen molar-refractivity contribution in [1.29, 1.82) is 0 Å². The number of hydrogen-bond donors (Lipinski definition) is 0. The quantitative estimate of drug-likeness (QED) is 0.798. The standard InChI is InChI=1S/C13H15NO4S2/c1-3-18-13(17)12-10(4-5-19-12)14-7-9(6-11(14)16)20-8(2)15/h4-5,9H,3,6-7H2,1-2H3. The minimum Gasteiger partial charge on any atom is -0.462 e. The minimum atomic E-state index is -0.409. The van der Waals surface area contributed by atoms with Crippen LogP contribution in [0.5, 0.6) is 0 Å². The molecule has 1 aromatic rings. The molecule has 5 nitrogen and oxygen atoms in total. The van der Waals surface area contributed by atoms with Gasteiger partial charge in [0.1, 0.15) is 4.88 Å². The summed E-state index contributed by atoms with van der Waals surface area (Å²) in [6.45, 7) is 3.98. The largest absolute Gasteiger partial charge is 0.462 e. The van der Waals surface area contributed by atoms with Crippen LogP contribution >= 0.6 is 23.1 Å². The zero-order valence-electron chi connectivity index (χ0n) is 11.3. The number of ether oxygens (including phenoxy) is 1. The van der Waals surface area contributed by atoms with Crippen LogP contribution in [0.15, 0.2) is 11.4 Å². The van der Waals surface area contributed by atoms with Crippen LogP contribution in [-0.2, 0) is 14.3 Å². The lowest BCUT2D eigenvalue weighted by atomic mass is 10.3. The zero-order valence-corrected chi connectivity index (χ0v) is 12.9. The number of nitrogens with zero attached hydrogens (tertiary/aromatic N) is 1. The van der Waals surface area contributed by atoms with Crippen LogP contribution in [0.25, 0.3) is 0 Å². The van der Waals surface area contributed by atoms with E-state index in [1.807, 2.05) is 0 Å². The molecule has 1 saturated heterocycles. The van der Waals surface area contributed by atoms with E-state index in [0.717, 1.165) is 0 Å². The summed E-state index contributed by atoms with van der Waals surface area (Å²) in [6.07, 6.45) is 0.322. The third-order valence-electron chi connectivity index (χ3n) is 2.82. The number of esters is 1. The van der Waals surface area contributed by atoms with Crippen LogP contribution in [0.4, 0.5) is 5.69 Å². The molecule has 1 atom stereocenters. The van der Waals surface area contributed by atoms with Crippen molar-refractivity contribution in [1.82, 2.24) is 0 Å². The number of rotatable bonds is 4. The van der Waals surface area contributed by atoms with Crippen molar-refractivity contribution >= 4 is 45.8 Å². The third kappa shape index (κ3) is 3.21. The molecule has 1 aromatic heterocycles. The average Bonchev–Trinajstić information content (AvgIpc) is 2.95. The molecule has 0 aliphatic carbocycles. The lowest BCUT2D eigenvalue weighted by Gasteiger charge is -2.16. The maximum Gasteiger partial charge on any atom is 0.350 e. The number of carbonyl (C=O) groups is 3. The molecule has 20 heavy (non-hydrogen) atoms. The number of carbonyl (C=O) groups excluding carboxylic acids is 3. The molecule has 0 N–H and O–H groups in total. The van der Waals surface area contributed by atoms with E-state index in [1.54, 1.807) is 23.3 Å². The van der Waals surface area contributed by atoms with Crippen molar-refractivity contribution in [2.24, 2.45) is 0 Å². The van der Waals surface area contributed by atoms with E-state index in [-0.39, 0.29) is 16.3 Å². The Morgan fingerprint density at radius 1 is 1.55 bits per heavy atom. The van der Waals surface area contributed by atoms with Crippen molar-refractivity contribution in [3.05, 3.63) is 16.3 Å². The molecule has 0 bridgehead atoms. The van der Waals surface area contributed by atoms with Gasteiger partial charge in [0.2, 0.25) is 5.91 Å². The van der Waals surface area contributed by atoms with Gasteiger partial charge in [-0.3, -0.25) is 9.59 Å². The Hall–Kier alpha value is -1.34. The summed E-state index contributed by atoms with van der Waals surface area (Å²) in [4.78, 5) is 37.0. The summed E-state index contributed by atoms with van der Waals surface area (Å²) in [6, 6.07) is 1.75. The third-order valence-corrected chi connectivity index (χ3v) is 4.68. The Kier molecular flexibility index (Phi) is 4.82. The number of amides is 1. The first kappa shape index (κ1) is 15.1. The van der Waals surface area contributed by atoms with E-state index in [0.29, 0.717) is 30.1 Å². The van der Waals surface area contributed by atoms with Crippen molar-refractivity contribution in [2.75, 3.05) is 18.1 Å². The monoisotopic (exact) mass is 313 g/mol. The van der Waals surface area contributed by atoms with Crippen LogP contribution in [0, 0.1) is 0 Å². The van der Waals surface area contributed by atoms with Gasteiger partial charge in [-0.2, -0.15) is 0 Å². The van der Waals surface area contributed by atoms with E-state index < -0.39 is 5.97 Å². The van der Waals surface area contributed by atoms with Gasteiger partial charge in [-0.25, -0.2) is 4.79 Å². The molecule has 1 fully saturated rings. The highest BCUT2D eigenvalue weighted by Gasteiger charge is 2.34. The molecular formula is C13H15NO4S2. The SMILES string of the molecule is CCOC(=O)c1sccc1N1CC(SC(C)=O)CC1=O. The molecule has 1 aliphatic rings. The second-order valence-electron chi connectivity index (χ2n) is 4.30. The molecule has 0 radical (unpaired) electrons. The second-order valence-corrected chi connectivity index (χ2v) is 6.69. The molecular weight excluding hydrogens is 298 g/mol. The Labute approximate surface area is 125 Å². The Morgan fingerprint density at radius 2 is 2.30 bits per heavy atom.